The Kier molecular flexibility index (Phi) is 5.58. The van der Waals surface area contributed by atoms with Gasteiger partial charge in [-0.15, -0.1) is 0 Å². The lowest BCUT2D eigenvalue weighted by molar-refractivity contribution is -0.116. The summed E-state index contributed by atoms with van der Waals surface area (Å²) in [5.74, 6) is -0.476. The number of methoxy groups -OCH3 is 1. The molecule has 1 rings (SSSR count). The van der Waals surface area contributed by atoms with E-state index in [0.29, 0.717) is 12.1 Å². The van der Waals surface area contributed by atoms with Crippen molar-refractivity contribution in [3.05, 3.63) is 24.0 Å². The molecule has 0 saturated heterocycles. The summed E-state index contributed by atoms with van der Waals surface area (Å²) < 4.78 is 18.2. The molecule has 0 bridgehead atoms. The van der Waals surface area contributed by atoms with E-state index in [1.165, 1.54) is 19.2 Å². The largest absolute Gasteiger partial charge is 0.494 e. The maximum atomic E-state index is 13.4. The van der Waals surface area contributed by atoms with Gasteiger partial charge in [-0.25, -0.2) is 4.39 Å². The first-order valence-electron chi connectivity index (χ1n) is 5.92. The molecule has 4 nitrogen and oxygen atoms in total. The van der Waals surface area contributed by atoms with Gasteiger partial charge in [-0.3, -0.25) is 4.79 Å². The number of ether oxygens (including phenoxy) is 1. The second kappa shape index (κ2) is 6.96. The molecule has 0 aromatic heterocycles. The topological polar surface area (TPSA) is 64.3 Å². The monoisotopic (exact) mass is 254 g/mol. The Balaban J connectivity index is 2.47. The van der Waals surface area contributed by atoms with Crippen LogP contribution in [-0.2, 0) is 4.79 Å². The molecule has 0 aliphatic heterocycles. The fraction of sp³-hybridized carbons (Fsp3) is 0.462. The SMILES string of the molecule is COc1ccc(NC(=O)CCCC(C)N)cc1F. The number of carbonyl (C=O) groups excluding carboxylic acids is 1. The zero-order valence-electron chi connectivity index (χ0n) is 10.7. The van der Waals surface area contributed by atoms with Gasteiger partial charge in [0.2, 0.25) is 5.91 Å². The number of anilines is 1. The van der Waals surface area contributed by atoms with Gasteiger partial charge in [0.25, 0.3) is 0 Å². The van der Waals surface area contributed by atoms with Crippen molar-refractivity contribution in [3.8, 4) is 5.75 Å². The fourth-order valence-corrected chi connectivity index (χ4v) is 1.55. The zero-order valence-corrected chi connectivity index (χ0v) is 10.7. The van der Waals surface area contributed by atoms with Crippen LogP contribution < -0.4 is 15.8 Å². The number of carbonyl (C=O) groups is 1. The molecule has 0 aliphatic rings. The highest BCUT2D eigenvalue weighted by atomic mass is 19.1. The summed E-state index contributed by atoms with van der Waals surface area (Å²) >= 11 is 0. The molecule has 0 fully saturated rings. The molecule has 0 aliphatic carbocycles. The highest BCUT2D eigenvalue weighted by Crippen LogP contribution is 2.20. The molecule has 1 amide bonds. The van der Waals surface area contributed by atoms with Gasteiger partial charge in [0.1, 0.15) is 0 Å². The van der Waals surface area contributed by atoms with Crippen molar-refractivity contribution >= 4 is 11.6 Å². The molecule has 5 heteroatoms. The number of nitrogens with one attached hydrogen (secondary N) is 1. The van der Waals surface area contributed by atoms with E-state index >= 15 is 0 Å². The minimum atomic E-state index is -0.495. The van der Waals surface area contributed by atoms with Crippen LogP contribution in [0.1, 0.15) is 26.2 Å². The number of benzene rings is 1. The van der Waals surface area contributed by atoms with E-state index < -0.39 is 5.82 Å². The van der Waals surface area contributed by atoms with Crippen LogP contribution in [0.5, 0.6) is 5.75 Å². The lowest BCUT2D eigenvalue weighted by atomic mass is 10.1. The van der Waals surface area contributed by atoms with Crippen molar-refractivity contribution in [1.82, 2.24) is 0 Å². The van der Waals surface area contributed by atoms with Gasteiger partial charge >= 0.3 is 0 Å². The Hall–Kier alpha value is -1.62. The van der Waals surface area contributed by atoms with E-state index in [1.54, 1.807) is 6.07 Å². The molecule has 0 heterocycles. The van der Waals surface area contributed by atoms with Crippen LogP contribution in [-0.4, -0.2) is 19.1 Å². The van der Waals surface area contributed by atoms with Crippen LogP contribution in [0.3, 0.4) is 0 Å². The minimum Gasteiger partial charge on any atom is -0.494 e. The van der Waals surface area contributed by atoms with Gasteiger partial charge in [0.05, 0.1) is 7.11 Å². The third-order valence-corrected chi connectivity index (χ3v) is 2.50. The van der Waals surface area contributed by atoms with Crippen LogP contribution in [0.25, 0.3) is 0 Å². The lowest BCUT2D eigenvalue weighted by Crippen LogP contribution is -2.16. The highest BCUT2D eigenvalue weighted by molar-refractivity contribution is 5.90. The molecule has 18 heavy (non-hydrogen) atoms. The third kappa shape index (κ3) is 4.71. The molecule has 0 saturated carbocycles. The lowest BCUT2D eigenvalue weighted by Gasteiger charge is -2.08. The number of hydrogen-bond donors (Lipinski definition) is 2. The van der Waals surface area contributed by atoms with Crippen molar-refractivity contribution in [1.29, 1.82) is 0 Å². The van der Waals surface area contributed by atoms with E-state index in [-0.39, 0.29) is 17.7 Å². The molecule has 0 spiro atoms. The average Bonchev–Trinajstić information content (AvgIpc) is 2.28. The van der Waals surface area contributed by atoms with Crippen LogP contribution in [0, 0.1) is 5.82 Å². The molecule has 1 unspecified atom stereocenters. The van der Waals surface area contributed by atoms with Gasteiger partial charge in [0, 0.05) is 24.2 Å². The second-order valence-corrected chi connectivity index (χ2v) is 4.27. The number of hydrogen-bond acceptors (Lipinski definition) is 3. The van der Waals surface area contributed by atoms with E-state index in [1.807, 2.05) is 6.92 Å². The number of halogens is 1. The van der Waals surface area contributed by atoms with Crippen molar-refractivity contribution in [2.24, 2.45) is 5.73 Å². The first-order valence-corrected chi connectivity index (χ1v) is 5.92. The van der Waals surface area contributed by atoms with E-state index in [9.17, 15) is 9.18 Å². The predicted molar refractivity (Wildman–Crippen MR) is 69.1 cm³/mol. The summed E-state index contributed by atoms with van der Waals surface area (Å²) in [7, 11) is 1.39. The molecule has 1 atom stereocenters. The van der Waals surface area contributed by atoms with Crippen LogP contribution in [0.15, 0.2) is 18.2 Å². The second-order valence-electron chi connectivity index (χ2n) is 4.27. The summed E-state index contributed by atoms with van der Waals surface area (Å²) in [5, 5.41) is 2.63. The van der Waals surface area contributed by atoms with Gasteiger partial charge in [0.15, 0.2) is 11.6 Å². The van der Waals surface area contributed by atoms with E-state index in [0.717, 1.165) is 12.8 Å². The van der Waals surface area contributed by atoms with Crippen LogP contribution >= 0.6 is 0 Å². The summed E-state index contributed by atoms with van der Waals surface area (Å²) in [6, 6.07) is 4.41. The van der Waals surface area contributed by atoms with E-state index in [2.05, 4.69) is 5.32 Å². The zero-order chi connectivity index (χ0) is 13.5. The predicted octanol–water partition coefficient (Wildman–Crippen LogP) is 2.29. The maximum absolute atomic E-state index is 13.4. The van der Waals surface area contributed by atoms with Gasteiger partial charge < -0.3 is 15.8 Å². The van der Waals surface area contributed by atoms with Gasteiger partial charge in [-0.2, -0.15) is 0 Å². The first-order chi connectivity index (χ1) is 8.52. The molecule has 3 N–H and O–H groups in total. The fourth-order valence-electron chi connectivity index (χ4n) is 1.55. The first kappa shape index (κ1) is 14.4. The Morgan fingerprint density at radius 3 is 2.83 bits per heavy atom. The summed E-state index contributed by atoms with van der Waals surface area (Å²) in [4.78, 5) is 11.6. The average molecular weight is 254 g/mol. The molecule has 1 aromatic rings. The summed E-state index contributed by atoms with van der Waals surface area (Å²) in [6.45, 7) is 1.90. The van der Waals surface area contributed by atoms with Crippen molar-refractivity contribution < 1.29 is 13.9 Å². The Morgan fingerprint density at radius 1 is 1.56 bits per heavy atom. The maximum Gasteiger partial charge on any atom is 0.224 e. The van der Waals surface area contributed by atoms with Crippen LogP contribution in [0.4, 0.5) is 10.1 Å². The standard InChI is InChI=1S/C13H19FN2O2/c1-9(15)4-3-5-13(17)16-10-6-7-12(18-2)11(14)8-10/h6-9H,3-5,15H2,1-2H3,(H,16,17). The van der Waals surface area contributed by atoms with Crippen molar-refractivity contribution in [3.63, 3.8) is 0 Å². The number of amides is 1. The van der Waals surface area contributed by atoms with Crippen molar-refractivity contribution in [2.75, 3.05) is 12.4 Å². The quantitative estimate of drug-likeness (QED) is 0.818. The summed E-state index contributed by atoms with van der Waals surface area (Å²) in [6.07, 6.45) is 1.90. The Labute approximate surface area is 106 Å². The van der Waals surface area contributed by atoms with Gasteiger partial charge in [-0.05, 0) is 31.9 Å². The molecular formula is C13H19FN2O2. The molecular weight excluding hydrogens is 235 g/mol. The number of rotatable bonds is 6. The molecule has 0 radical (unpaired) electrons. The summed E-state index contributed by atoms with van der Waals surface area (Å²) in [5.41, 5.74) is 6.02. The van der Waals surface area contributed by atoms with Crippen molar-refractivity contribution in [2.45, 2.75) is 32.2 Å². The molecule has 1 aromatic carbocycles. The molecule has 100 valence electrons. The van der Waals surface area contributed by atoms with E-state index in [4.69, 9.17) is 10.5 Å². The normalized spacial score (nSPS) is 12.0. The Bertz CT molecular complexity index is 408. The van der Waals surface area contributed by atoms with Gasteiger partial charge in [-0.1, -0.05) is 0 Å². The smallest absolute Gasteiger partial charge is 0.224 e. The third-order valence-electron chi connectivity index (χ3n) is 2.50. The highest BCUT2D eigenvalue weighted by Gasteiger charge is 2.07. The minimum absolute atomic E-state index is 0.0937. The number of nitrogens with two attached hydrogens (primary N) is 1. The Morgan fingerprint density at radius 2 is 2.28 bits per heavy atom. The van der Waals surface area contributed by atoms with Crippen LogP contribution in [0.2, 0.25) is 0 Å².